The molecule has 2 aliphatic rings. The molecule has 0 spiro atoms. The fraction of sp³-hybridized carbons (Fsp3) is 0.185. The predicted octanol–water partition coefficient (Wildman–Crippen LogP) is 5.09. The van der Waals surface area contributed by atoms with E-state index in [4.69, 9.17) is 16.3 Å². The maximum atomic E-state index is 14.0. The molecule has 0 bridgehead atoms. The number of benzene rings is 3. The summed E-state index contributed by atoms with van der Waals surface area (Å²) in [5.41, 5.74) is 4.72. The number of carbonyl (C=O) groups is 1. The van der Waals surface area contributed by atoms with Gasteiger partial charge in [-0.15, -0.1) is 0 Å². The number of hydrogen-bond donors (Lipinski definition) is 1. The van der Waals surface area contributed by atoms with Crippen molar-refractivity contribution in [2.75, 3.05) is 13.2 Å². The normalized spacial score (nSPS) is 16.6. The van der Waals surface area contributed by atoms with Crippen molar-refractivity contribution in [1.82, 2.24) is 9.13 Å². The molecule has 3 aromatic carbocycles. The zero-order valence-corrected chi connectivity index (χ0v) is 19.0. The van der Waals surface area contributed by atoms with Gasteiger partial charge in [0.05, 0.1) is 41.0 Å². The molecule has 0 saturated heterocycles. The first-order chi connectivity index (χ1) is 16.5. The van der Waals surface area contributed by atoms with Crippen molar-refractivity contribution < 1.29 is 14.6 Å². The highest BCUT2D eigenvalue weighted by Crippen LogP contribution is 2.50. The standard InChI is InChI=1S/C27H21ClN2O4/c28-21-6-9-23-24(15-21)29(22-7-4-17(5-8-22)19-10-13-34-16-19)26(33)30(23)27(11-12-27)20-3-1-2-18(14-20)25(31)32/h1-10,14-15H,11-13,16H2,(H,31,32). The molecule has 1 aliphatic heterocycles. The zero-order valence-electron chi connectivity index (χ0n) is 18.2. The minimum atomic E-state index is -0.984. The van der Waals surface area contributed by atoms with Crippen LogP contribution < -0.4 is 5.69 Å². The Morgan fingerprint density at radius 1 is 1.00 bits per heavy atom. The fourth-order valence-electron chi connectivity index (χ4n) is 4.95. The molecular formula is C27H21ClN2O4. The van der Waals surface area contributed by atoms with Gasteiger partial charge in [0, 0.05) is 5.02 Å². The minimum absolute atomic E-state index is 0.174. The highest BCUT2D eigenvalue weighted by atomic mass is 35.5. The summed E-state index contributed by atoms with van der Waals surface area (Å²) in [6.07, 6.45) is 3.57. The minimum Gasteiger partial charge on any atom is -0.478 e. The van der Waals surface area contributed by atoms with Crippen LogP contribution in [0.3, 0.4) is 0 Å². The molecule has 1 fully saturated rings. The first-order valence-corrected chi connectivity index (χ1v) is 11.5. The summed E-state index contributed by atoms with van der Waals surface area (Å²) in [5, 5.41) is 10.0. The van der Waals surface area contributed by atoms with Crippen molar-refractivity contribution in [3.05, 3.63) is 105 Å². The van der Waals surface area contributed by atoms with Gasteiger partial charge in [-0.2, -0.15) is 0 Å². The van der Waals surface area contributed by atoms with E-state index in [1.54, 1.807) is 39.5 Å². The van der Waals surface area contributed by atoms with E-state index in [9.17, 15) is 14.7 Å². The van der Waals surface area contributed by atoms with Crippen LogP contribution in [-0.2, 0) is 10.3 Å². The van der Waals surface area contributed by atoms with Gasteiger partial charge in [0.2, 0.25) is 0 Å². The lowest BCUT2D eigenvalue weighted by Crippen LogP contribution is -2.32. The number of nitrogens with zero attached hydrogens (tertiary/aromatic N) is 2. The van der Waals surface area contributed by atoms with Crippen molar-refractivity contribution in [2.45, 2.75) is 18.4 Å². The third-order valence-corrected chi connectivity index (χ3v) is 7.04. The van der Waals surface area contributed by atoms with Crippen LogP contribution in [0.5, 0.6) is 0 Å². The number of hydrogen-bond acceptors (Lipinski definition) is 3. The number of ether oxygens (including phenoxy) is 1. The third-order valence-electron chi connectivity index (χ3n) is 6.80. The SMILES string of the molecule is O=C(O)c1cccc(C2(n3c(=O)n(-c4ccc(C5=CCOC5)cc4)c4cc(Cl)ccc43)CC2)c1. The Labute approximate surface area is 200 Å². The second-order valence-electron chi connectivity index (χ2n) is 8.80. The van der Waals surface area contributed by atoms with Crippen LogP contribution >= 0.6 is 11.6 Å². The number of fused-ring (bicyclic) bond motifs is 1. The Morgan fingerprint density at radius 3 is 2.47 bits per heavy atom. The highest BCUT2D eigenvalue weighted by Gasteiger charge is 2.49. The monoisotopic (exact) mass is 472 g/mol. The maximum Gasteiger partial charge on any atom is 0.335 e. The number of aromatic nitrogens is 2. The van der Waals surface area contributed by atoms with E-state index in [0.29, 0.717) is 23.8 Å². The second kappa shape index (κ2) is 7.72. The van der Waals surface area contributed by atoms with Gasteiger partial charge in [0.15, 0.2) is 0 Å². The Kier molecular flexibility index (Phi) is 4.76. The van der Waals surface area contributed by atoms with E-state index in [1.165, 1.54) is 0 Å². The van der Waals surface area contributed by atoms with Gasteiger partial charge in [-0.1, -0.05) is 41.9 Å². The van der Waals surface area contributed by atoms with Crippen LogP contribution in [0.2, 0.25) is 5.02 Å². The predicted molar refractivity (Wildman–Crippen MR) is 131 cm³/mol. The van der Waals surface area contributed by atoms with E-state index in [0.717, 1.165) is 40.7 Å². The average Bonchev–Trinajstić information content (AvgIpc) is 3.33. The fourth-order valence-corrected chi connectivity index (χ4v) is 5.11. The largest absolute Gasteiger partial charge is 0.478 e. The quantitative estimate of drug-likeness (QED) is 0.439. The van der Waals surface area contributed by atoms with Crippen molar-refractivity contribution in [3.63, 3.8) is 0 Å². The van der Waals surface area contributed by atoms with Gasteiger partial charge >= 0.3 is 11.7 Å². The molecule has 4 aromatic rings. The third kappa shape index (κ3) is 3.22. The number of halogens is 1. The lowest BCUT2D eigenvalue weighted by atomic mass is 10.0. The van der Waals surface area contributed by atoms with E-state index in [1.807, 2.05) is 36.4 Å². The molecule has 2 heterocycles. The molecule has 1 N–H and O–H groups in total. The molecule has 6 nitrogen and oxygen atoms in total. The zero-order chi connectivity index (χ0) is 23.4. The molecule has 170 valence electrons. The number of carboxylic acids is 1. The van der Waals surface area contributed by atoms with Crippen molar-refractivity contribution in [2.24, 2.45) is 0 Å². The molecule has 1 saturated carbocycles. The van der Waals surface area contributed by atoms with Gasteiger partial charge in [-0.05, 0) is 72.0 Å². The Balaban J connectivity index is 1.54. The van der Waals surface area contributed by atoms with Crippen molar-refractivity contribution in [3.8, 4) is 5.69 Å². The highest BCUT2D eigenvalue weighted by molar-refractivity contribution is 6.31. The number of aromatic carboxylic acids is 1. The van der Waals surface area contributed by atoms with Crippen LogP contribution in [-0.4, -0.2) is 33.4 Å². The number of imidazole rings is 1. The van der Waals surface area contributed by atoms with E-state index >= 15 is 0 Å². The van der Waals surface area contributed by atoms with Crippen LogP contribution in [0.4, 0.5) is 0 Å². The molecule has 0 radical (unpaired) electrons. The molecule has 1 aromatic heterocycles. The first kappa shape index (κ1) is 21.0. The van der Waals surface area contributed by atoms with Gasteiger partial charge in [-0.3, -0.25) is 9.13 Å². The van der Waals surface area contributed by atoms with Gasteiger partial charge in [0.25, 0.3) is 0 Å². The molecular weight excluding hydrogens is 452 g/mol. The summed E-state index contributed by atoms with van der Waals surface area (Å²) in [6.45, 7) is 1.21. The summed E-state index contributed by atoms with van der Waals surface area (Å²) in [4.78, 5) is 25.5. The maximum absolute atomic E-state index is 14.0. The van der Waals surface area contributed by atoms with Crippen molar-refractivity contribution in [1.29, 1.82) is 0 Å². The summed E-state index contributed by atoms with van der Waals surface area (Å²) in [7, 11) is 0. The Hall–Kier alpha value is -3.61. The summed E-state index contributed by atoms with van der Waals surface area (Å²) in [5.74, 6) is -0.984. The lowest BCUT2D eigenvalue weighted by molar-refractivity contribution is 0.0696. The van der Waals surface area contributed by atoms with Crippen molar-refractivity contribution >= 4 is 34.2 Å². The summed E-state index contributed by atoms with van der Waals surface area (Å²) >= 11 is 6.34. The van der Waals surface area contributed by atoms with E-state index in [-0.39, 0.29) is 11.3 Å². The molecule has 7 heteroatoms. The van der Waals surface area contributed by atoms with E-state index < -0.39 is 11.5 Å². The molecule has 6 rings (SSSR count). The second-order valence-corrected chi connectivity index (χ2v) is 9.23. The van der Waals surface area contributed by atoms with E-state index in [2.05, 4.69) is 6.08 Å². The first-order valence-electron chi connectivity index (χ1n) is 11.1. The van der Waals surface area contributed by atoms with Crippen LogP contribution in [0.1, 0.15) is 34.3 Å². The summed E-state index contributed by atoms with van der Waals surface area (Å²) < 4.78 is 8.92. The summed E-state index contributed by atoms with van der Waals surface area (Å²) in [6, 6.07) is 20.2. The van der Waals surface area contributed by atoms with Gasteiger partial charge < -0.3 is 9.84 Å². The number of rotatable bonds is 5. The lowest BCUT2D eigenvalue weighted by Gasteiger charge is -2.18. The van der Waals surface area contributed by atoms with Gasteiger partial charge in [0.1, 0.15) is 0 Å². The van der Waals surface area contributed by atoms with Crippen LogP contribution in [0.15, 0.2) is 77.6 Å². The van der Waals surface area contributed by atoms with Gasteiger partial charge in [-0.25, -0.2) is 9.59 Å². The Morgan fingerprint density at radius 2 is 1.79 bits per heavy atom. The number of carboxylic acid groups (broad SMARTS) is 1. The molecule has 0 amide bonds. The van der Waals surface area contributed by atoms with Crippen LogP contribution in [0.25, 0.3) is 22.3 Å². The smallest absolute Gasteiger partial charge is 0.335 e. The average molecular weight is 473 g/mol. The molecule has 1 aliphatic carbocycles. The molecule has 0 atom stereocenters. The molecule has 34 heavy (non-hydrogen) atoms. The van der Waals surface area contributed by atoms with Crippen LogP contribution in [0, 0.1) is 0 Å². The molecule has 0 unspecified atom stereocenters. The Bertz CT molecular complexity index is 1540. The topological polar surface area (TPSA) is 73.5 Å².